The van der Waals surface area contributed by atoms with Gasteiger partial charge < -0.3 is 11.1 Å². The highest BCUT2D eigenvalue weighted by atomic mass is 15.2. The van der Waals surface area contributed by atoms with Gasteiger partial charge in [-0.05, 0) is 50.6 Å². The maximum Gasteiger partial charge on any atom is 0.0577 e. The van der Waals surface area contributed by atoms with E-state index in [-0.39, 0.29) is 0 Å². The molecule has 1 saturated heterocycles. The monoisotopic (exact) mass is 233 g/mol. The molecule has 3 N–H and O–H groups in total. The first kappa shape index (κ1) is 12.2. The minimum atomic E-state index is 0.667. The number of anilines is 2. The van der Waals surface area contributed by atoms with Crippen LogP contribution in [-0.2, 0) is 0 Å². The van der Waals surface area contributed by atoms with E-state index in [9.17, 15) is 0 Å². The second kappa shape index (κ2) is 5.41. The van der Waals surface area contributed by atoms with Crippen molar-refractivity contribution in [2.75, 3.05) is 30.7 Å². The molecular formula is C14H23N3. The number of hydrogen-bond donors (Lipinski definition) is 2. The van der Waals surface area contributed by atoms with Crippen LogP contribution in [0.1, 0.15) is 25.3 Å². The highest BCUT2D eigenvalue weighted by Crippen LogP contribution is 2.22. The van der Waals surface area contributed by atoms with Gasteiger partial charge in [0.15, 0.2) is 0 Å². The topological polar surface area (TPSA) is 41.3 Å². The average Bonchev–Trinajstić information content (AvgIpc) is 2.77. The van der Waals surface area contributed by atoms with Crippen LogP contribution in [0.3, 0.4) is 0 Å². The molecule has 0 aromatic heterocycles. The second-order valence-electron chi connectivity index (χ2n) is 4.90. The fourth-order valence-electron chi connectivity index (χ4n) is 2.59. The molecule has 0 bridgehead atoms. The molecule has 3 heteroatoms. The first-order valence-electron chi connectivity index (χ1n) is 6.54. The molecule has 1 aromatic carbocycles. The van der Waals surface area contributed by atoms with Gasteiger partial charge in [0.1, 0.15) is 0 Å². The van der Waals surface area contributed by atoms with Gasteiger partial charge in [-0.1, -0.05) is 13.0 Å². The van der Waals surface area contributed by atoms with Gasteiger partial charge in [0.2, 0.25) is 0 Å². The number of rotatable bonds is 4. The van der Waals surface area contributed by atoms with Crippen LogP contribution in [0.25, 0.3) is 0 Å². The van der Waals surface area contributed by atoms with Gasteiger partial charge in [0, 0.05) is 12.6 Å². The maximum absolute atomic E-state index is 5.97. The molecule has 1 fully saturated rings. The Morgan fingerprint density at radius 2 is 2.29 bits per heavy atom. The largest absolute Gasteiger partial charge is 0.397 e. The molecule has 2 rings (SSSR count). The fraction of sp³-hybridized carbons (Fsp3) is 0.571. The molecule has 94 valence electrons. The number of nitrogens with zero attached hydrogens (tertiary/aromatic N) is 1. The van der Waals surface area contributed by atoms with Crippen molar-refractivity contribution in [3.63, 3.8) is 0 Å². The highest BCUT2D eigenvalue weighted by Gasteiger charge is 2.22. The Labute approximate surface area is 104 Å². The van der Waals surface area contributed by atoms with Crippen LogP contribution >= 0.6 is 0 Å². The van der Waals surface area contributed by atoms with Crippen molar-refractivity contribution >= 4 is 11.4 Å². The highest BCUT2D eigenvalue weighted by molar-refractivity contribution is 5.66. The molecule has 1 aliphatic rings. The Kier molecular flexibility index (Phi) is 3.89. The summed E-state index contributed by atoms with van der Waals surface area (Å²) in [5.41, 5.74) is 9.14. The fourth-order valence-corrected chi connectivity index (χ4v) is 2.59. The van der Waals surface area contributed by atoms with Crippen LogP contribution in [0.15, 0.2) is 18.2 Å². The number of hydrogen-bond acceptors (Lipinski definition) is 3. The minimum absolute atomic E-state index is 0.667. The van der Waals surface area contributed by atoms with Crippen molar-refractivity contribution in [3.8, 4) is 0 Å². The van der Waals surface area contributed by atoms with E-state index in [0.717, 1.165) is 24.5 Å². The quantitative estimate of drug-likeness (QED) is 0.785. The van der Waals surface area contributed by atoms with Crippen LogP contribution < -0.4 is 11.1 Å². The van der Waals surface area contributed by atoms with Gasteiger partial charge in [-0.15, -0.1) is 0 Å². The lowest BCUT2D eigenvalue weighted by atomic mass is 10.1. The molecule has 0 spiro atoms. The molecule has 1 heterocycles. The molecule has 1 atom stereocenters. The van der Waals surface area contributed by atoms with Crippen molar-refractivity contribution in [2.45, 2.75) is 32.7 Å². The summed E-state index contributed by atoms with van der Waals surface area (Å²) >= 11 is 0. The van der Waals surface area contributed by atoms with E-state index in [4.69, 9.17) is 5.73 Å². The van der Waals surface area contributed by atoms with Gasteiger partial charge >= 0.3 is 0 Å². The molecule has 3 nitrogen and oxygen atoms in total. The van der Waals surface area contributed by atoms with Crippen molar-refractivity contribution in [1.82, 2.24) is 4.90 Å². The minimum Gasteiger partial charge on any atom is -0.397 e. The van der Waals surface area contributed by atoms with E-state index in [2.05, 4.69) is 36.2 Å². The lowest BCUT2D eigenvalue weighted by Crippen LogP contribution is -2.34. The summed E-state index contributed by atoms with van der Waals surface area (Å²) in [6.45, 7) is 7.72. The Bertz CT molecular complexity index is 376. The van der Waals surface area contributed by atoms with E-state index in [1.54, 1.807) is 0 Å². The zero-order chi connectivity index (χ0) is 12.3. The number of likely N-dealkylation sites (N-methyl/N-ethyl adjacent to an activating group) is 1. The van der Waals surface area contributed by atoms with Crippen LogP contribution in [0.4, 0.5) is 11.4 Å². The van der Waals surface area contributed by atoms with Gasteiger partial charge in [-0.2, -0.15) is 0 Å². The van der Waals surface area contributed by atoms with Crippen LogP contribution in [-0.4, -0.2) is 30.6 Å². The lowest BCUT2D eigenvalue weighted by Gasteiger charge is -2.23. The van der Waals surface area contributed by atoms with Gasteiger partial charge in [0.05, 0.1) is 11.4 Å². The first-order valence-corrected chi connectivity index (χ1v) is 6.54. The molecule has 17 heavy (non-hydrogen) atoms. The SMILES string of the molecule is CCN1CCCC1CNc1cc(C)ccc1N. The molecule has 0 radical (unpaired) electrons. The molecule has 0 amide bonds. The summed E-state index contributed by atoms with van der Waals surface area (Å²) in [5, 5.41) is 3.49. The van der Waals surface area contributed by atoms with E-state index in [1.807, 2.05) is 6.07 Å². The molecule has 0 aliphatic carbocycles. The second-order valence-corrected chi connectivity index (χ2v) is 4.90. The van der Waals surface area contributed by atoms with E-state index < -0.39 is 0 Å². The van der Waals surface area contributed by atoms with E-state index in [1.165, 1.54) is 24.9 Å². The number of likely N-dealkylation sites (tertiary alicyclic amines) is 1. The molecule has 1 aromatic rings. The predicted octanol–water partition coefficient (Wildman–Crippen LogP) is 2.47. The lowest BCUT2D eigenvalue weighted by molar-refractivity contribution is 0.277. The van der Waals surface area contributed by atoms with Crippen molar-refractivity contribution in [3.05, 3.63) is 23.8 Å². The Morgan fingerprint density at radius 3 is 3.06 bits per heavy atom. The van der Waals surface area contributed by atoms with E-state index in [0.29, 0.717) is 6.04 Å². The molecule has 0 saturated carbocycles. The molecule has 1 unspecified atom stereocenters. The Hall–Kier alpha value is -1.22. The number of nitrogens with one attached hydrogen (secondary N) is 1. The Morgan fingerprint density at radius 1 is 1.47 bits per heavy atom. The van der Waals surface area contributed by atoms with Gasteiger partial charge in [-0.25, -0.2) is 0 Å². The zero-order valence-electron chi connectivity index (χ0n) is 10.9. The molecule has 1 aliphatic heterocycles. The summed E-state index contributed by atoms with van der Waals surface area (Å²) in [4.78, 5) is 2.54. The summed E-state index contributed by atoms with van der Waals surface area (Å²) in [7, 11) is 0. The average molecular weight is 233 g/mol. The van der Waals surface area contributed by atoms with Crippen molar-refractivity contribution in [1.29, 1.82) is 0 Å². The summed E-state index contributed by atoms with van der Waals surface area (Å²) < 4.78 is 0. The van der Waals surface area contributed by atoms with Crippen LogP contribution in [0.2, 0.25) is 0 Å². The van der Waals surface area contributed by atoms with Crippen LogP contribution in [0, 0.1) is 6.92 Å². The maximum atomic E-state index is 5.97. The van der Waals surface area contributed by atoms with Crippen molar-refractivity contribution < 1.29 is 0 Å². The summed E-state index contributed by atoms with van der Waals surface area (Å²) in [6.07, 6.45) is 2.62. The standard InChI is InChI=1S/C14H23N3/c1-3-17-8-4-5-12(17)10-16-14-9-11(2)6-7-13(14)15/h6-7,9,12,16H,3-5,8,10,15H2,1-2H3. The Balaban J connectivity index is 1.95. The molecular weight excluding hydrogens is 210 g/mol. The zero-order valence-corrected chi connectivity index (χ0v) is 10.9. The third kappa shape index (κ3) is 2.91. The normalized spacial score (nSPS) is 20.7. The predicted molar refractivity (Wildman–Crippen MR) is 74.4 cm³/mol. The van der Waals surface area contributed by atoms with Gasteiger partial charge in [-0.3, -0.25) is 4.90 Å². The number of nitrogens with two attached hydrogens (primary N) is 1. The number of benzene rings is 1. The number of nitrogen functional groups attached to an aromatic ring is 1. The van der Waals surface area contributed by atoms with Crippen molar-refractivity contribution in [2.24, 2.45) is 0 Å². The third-order valence-electron chi connectivity index (χ3n) is 3.64. The summed E-state index contributed by atoms with van der Waals surface area (Å²) in [5.74, 6) is 0. The summed E-state index contributed by atoms with van der Waals surface area (Å²) in [6, 6.07) is 6.82. The number of aryl methyl sites for hydroxylation is 1. The first-order chi connectivity index (χ1) is 8.20. The third-order valence-corrected chi connectivity index (χ3v) is 3.64. The smallest absolute Gasteiger partial charge is 0.0577 e. The van der Waals surface area contributed by atoms with Gasteiger partial charge in [0.25, 0.3) is 0 Å². The van der Waals surface area contributed by atoms with E-state index >= 15 is 0 Å². The van der Waals surface area contributed by atoms with Crippen LogP contribution in [0.5, 0.6) is 0 Å².